The van der Waals surface area contributed by atoms with Crippen LogP contribution in [0.3, 0.4) is 0 Å². The largest absolute Gasteiger partial charge is 0.493 e. The molecule has 0 radical (unpaired) electrons. The molecule has 3 aliphatic rings. The second kappa shape index (κ2) is 10.8. The summed E-state index contributed by atoms with van der Waals surface area (Å²) >= 11 is 1.32. The summed E-state index contributed by atoms with van der Waals surface area (Å²) in [5, 5.41) is 9.52. The van der Waals surface area contributed by atoms with Crippen molar-refractivity contribution in [2.24, 2.45) is 11.7 Å². The van der Waals surface area contributed by atoms with Gasteiger partial charge in [-0.2, -0.15) is 0 Å². The minimum absolute atomic E-state index is 0.0256. The van der Waals surface area contributed by atoms with Crippen molar-refractivity contribution in [3.63, 3.8) is 0 Å². The number of likely N-dealkylation sites (tertiary alicyclic amines) is 1. The van der Waals surface area contributed by atoms with Gasteiger partial charge in [-0.1, -0.05) is 18.6 Å². The molecule has 1 saturated carbocycles. The molecule has 3 heterocycles. The Morgan fingerprint density at radius 1 is 1.21 bits per heavy atom. The molecule has 0 bridgehead atoms. The van der Waals surface area contributed by atoms with E-state index in [4.69, 9.17) is 15.6 Å². The third-order valence-corrected chi connectivity index (χ3v) is 8.56. The van der Waals surface area contributed by atoms with Crippen molar-refractivity contribution in [3.05, 3.63) is 69.9 Å². The third-order valence-electron chi connectivity index (χ3n) is 7.54. The summed E-state index contributed by atoms with van der Waals surface area (Å²) in [5.74, 6) is -1.62. The lowest BCUT2D eigenvalue weighted by Gasteiger charge is -2.29. The third kappa shape index (κ3) is 4.90. The van der Waals surface area contributed by atoms with Gasteiger partial charge in [0.05, 0.1) is 22.1 Å². The molecule has 2 fully saturated rings. The molecule has 2 aromatic carbocycles. The Morgan fingerprint density at radius 2 is 2.03 bits per heavy atom. The van der Waals surface area contributed by atoms with Gasteiger partial charge in [0, 0.05) is 30.6 Å². The van der Waals surface area contributed by atoms with Crippen LogP contribution >= 0.6 is 11.3 Å². The lowest BCUT2D eigenvalue weighted by molar-refractivity contribution is 0.0658. The molecule has 3 aromatic rings. The van der Waals surface area contributed by atoms with Crippen molar-refractivity contribution < 1.29 is 28.2 Å². The monoisotopic (exact) mass is 541 g/mol. The number of aromatic nitrogens is 1. The molecule has 1 aliphatic carbocycles. The topological polar surface area (TPSA) is 106 Å². The highest BCUT2D eigenvalue weighted by Gasteiger charge is 2.46. The molecular weight excluding hydrogens is 512 g/mol. The molecule has 200 valence electrons. The summed E-state index contributed by atoms with van der Waals surface area (Å²) in [5.41, 5.74) is 7.92. The van der Waals surface area contributed by atoms with Gasteiger partial charge in [-0.05, 0) is 61.9 Å². The highest BCUT2D eigenvalue weighted by Crippen LogP contribution is 2.43. The Hall–Kier alpha value is -3.37. The summed E-state index contributed by atoms with van der Waals surface area (Å²) in [6.07, 6.45) is 4.91. The first-order valence-corrected chi connectivity index (χ1v) is 13.5. The molecule has 6 rings (SSSR count). The number of halogens is 2. The van der Waals surface area contributed by atoms with Crippen LogP contribution in [0.15, 0.2) is 36.4 Å². The number of carbonyl (C=O) groups excluding carboxylic acids is 1. The minimum atomic E-state index is -0.927. The Bertz CT molecular complexity index is 1380. The second-order valence-corrected chi connectivity index (χ2v) is 11.0. The highest BCUT2D eigenvalue weighted by atomic mass is 32.1. The van der Waals surface area contributed by atoms with Crippen LogP contribution in [0.4, 0.5) is 8.78 Å². The van der Waals surface area contributed by atoms with Crippen molar-refractivity contribution in [2.75, 3.05) is 13.2 Å². The molecule has 1 aromatic heterocycles. The fourth-order valence-electron chi connectivity index (χ4n) is 5.87. The number of fused-ring (bicyclic) bond motifs is 2. The van der Waals surface area contributed by atoms with Crippen molar-refractivity contribution in [1.29, 1.82) is 0 Å². The van der Waals surface area contributed by atoms with Crippen LogP contribution in [-0.4, -0.2) is 52.1 Å². The van der Waals surface area contributed by atoms with E-state index in [0.29, 0.717) is 47.2 Å². The van der Waals surface area contributed by atoms with Crippen LogP contribution in [0.5, 0.6) is 5.75 Å². The van der Waals surface area contributed by atoms with E-state index in [9.17, 15) is 18.4 Å². The first-order valence-electron chi connectivity index (χ1n) is 12.7. The van der Waals surface area contributed by atoms with Crippen LogP contribution in [0.2, 0.25) is 0 Å². The van der Waals surface area contributed by atoms with Crippen LogP contribution in [0, 0.1) is 24.5 Å². The van der Waals surface area contributed by atoms with E-state index in [1.54, 1.807) is 18.2 Å². The predicted molar refractivity (Wildman–Crippen MR) is 140 cm³/mol. The van der Waals surface area contributed by atoms with Crippen molar-refractivity contribution in [3.8, 4) is 16.2 Å². The Kier molecular flexibility index (Phi) is 7.45. The summed E-state index contributed by atoms with van der Waals surface area (Å²) in [4.78, 5) is 31.0. The van der Waals surface area contributed by atoms with E-state index in [1.807, 2.05) is 11.8 Å². The van der Waals surface area contributed by atoms with Crippen LogP contribution in [0.25, 0.3) is 10.4 Å². The van der Waals surface area contributed by atoms with Gasteiger partial charge in [0.25, 0.3) is 5.91 Å². The van der Waals surface area contributed by atoms with E-state index in [-0.39, 0.29) is 18.0 Å². The summed E-state index contributed by atoms with van der Waals surface area (Å²) < 4.78 is 32.2. The van der Waals surface area contributed by atoms with Gasteiger partial charge >= 0.3 is 5.97 Å². The number of rotatable bonds is 4. The number of nitrogens with two attached hydrogens (primary N) is 1. The summed E-state index contributed by atoms with van der Waals surface area (Å²) in [6.45, 7) is 2.84. The van der Waals surface area contributed by atoms with E-state index in [2.05, 4.69) is 4.98 Å². The number of ether oxygens (including phenoxy) is 1. The molecule has 38 heavy (non-hydrogen) atoms. The molecule has 0 spiro atoms. The standard InChI is InChI=1S/C19H21F2N3OS.C9H8O3/c1-10-23-17(18(26-10)12-5-6-14(20)15(21)8-12)19(25)24-13(9-22)7-11-3-2-4-16(11)24;10-9(11)7-2-1-3-8-6(7)4-5-12-8/h5-6,8,11,13,16H,2-4,7,9,22H2,1H3;1-3H,4-5H2,(H,10,11)/t11-,13-,16-;/m0./s1. The zero-order valence-electron chi connectivity index (χ0n) is 21.0. The Morgan fingerprint density at radius 3 is 2.76 bits per heavy atom. The number of carbonyl (C=O) groups is 2. The van der Waals surface area contributed by atoms with E-state index < -0.39 is 17.6 Å². The van der Waals surface area contributed by atoms with Crippen LogP contribution < -0.4 is 10.5 Å². The number of carboxylic acids is 1. The molecule has 0 unspecified atom stereocenters. The number of aryl methyl sites for hydroxylation is 1. The van der Waals surface area contributed by atoms with Gasteiger partial charge < -0.3 is 20.5 Å². The van der Waals surface area contributed by atoms with Gasteiger partial charge in [0.2, 0.25) is 0 Å². The lowest BCUT2D eigenvalue weighted by Crippen LogP contribution is -2.44. The number of carboxylic acid groups (broad SMARTS) is 1. The summed E-state index contributed by atoms with van der Waals surface area (Å²) in [7, 11) is 0. The van der Waals surface area contributed by atoms with E-state index in [0.717, 1.165) is 54.1 Å². The average Bonchev–Trinajstić information content (AvgIpc) is 3.68. The first-order chi connectivity index (χ1) is 18.3. The number of hydrogen-bond donors (Lipinski definition) is 2. The Balaban J connectivity index is 0.000000204. The van der Waals surface area contributed by atoms with Crippen molar-refractivity contribution in [1.82, 2.24) is 9.88 Å². The maximum Gasteiger partial charge on any atom is 0.336 e. The number of thiazole rings is 1. The maximum absolute atomic E-state index is 13.7. The molecular formula is C28H29F2N3O4S. The van der Waals surface area contributed by atoms with E-state index in [1.165, 1.54) is 17.4 Å². The molecule has 1 amide bonds. The number of benzene rings is 2. The fourth-order valence-corrected chi connectivity index (χ4v) is 6.77. The summed E-state index contributed by atoms with van der Waals surface area (Å²) in [6, 6.07) is 9.05. The van der Waals surface area contributed by atoms with Crippen LogP contribution in [0.1, 0.15) is 57.1 Å². The molecule has 2 aliphatic heterocycles. The number of aromatic carboxylic acids is 1. The molecule has 7 nitrogen and oxygen atoms in total. The van der Waals surface area contributed by atoms with Gasteiger partial charge in [-0.3, -0.25) is 4.79 Å². The number of nitrogens with zero attached hydrogens (tertiary/aromatic N) is 2. The minimum Gasteiger partial charge on any atom is -0.493 e. The Labute approximate surface area is 223 Å². The van der Waals surface area contributed by atoms with Gasteiger partial charge in [0.15, 0.2) is 11.6 Å². The van der Waals surface area contributed by atoms with Crippen molar-refractivity contribution in [2.45, 2.75) is 51.1 Å². The molecule has 10 heteroatoms. The highest BCUT2D eigenvalue weighted by molar-refractivity contribution is 7.15. The molecule has 1 saturated heterocycles. The molecule has 3 atom stereocenters. The average molecular weight is 542 g/mol. The molecule has 3 N–H and O–H groups in total. The van der Waals surface area contributed by atoms with Gasteiger partial charge in [0.1, 0.15) is 11.4 Å². The predicted octanol–water partition coefficient (Wildman–Crippen LogP) is 5.06. The van der Waals surface area contributed by atoms with E-state index >= 15 is 0 Å². The maximum atomic E-state index is 13.7. The van der Waals surface area contributed by atoms with Gasteiger partial charge in [-0.15, -0.1) is 11.3 Å². The van der Waals surface area contributed by atoms with Crippen LogP contribution in [-0.2, 0) is 6.42 Å². The lowest BCUT2D eigenvalue weighted by atomic mass is 10.0. The SMILES string of the molecule is Cc1nc(C(=O)N2[C@H](CN)C[C@@H]3CCC[C@@H]32)c(-c2ccc(F)c(F)c2)s1.O=C(O)c1cccc2c1CCO2. The zero-order valence-corrected chi connectivity index (χ0v) is 21.8. The number of amides is 1. The number of hydrogen-bond acceptors (Lipinski definition) is 6. The normalized spacial score (nSPS) is 21.4. The smallest absolute Gasteiger partial charge is 0.336 e. The zero-order chi connectivity index (χ0) is 27.0. The van der Waals surface area contributed by atoms with Gasteiger partial charge in [-0.25, -0.2) is 18.6 Å². The second-order valence-electron chi connectivity index (χ2n) is 9.82. The fraction of sp³-hybridized carbons (Fsp3) is 0.393. The quantitative estimate of drug-likeness (QED) is 0.479. The van der Waals surface area contributed by atoms with Crippen molar-refractivity contribution >= 4 is 23.2 Å². The first kappa shape index (κ1) is 26.2.